The number of carbonyl (C=O) groups excluding carboxylic acids is 1. The number of benzene rings is 1. The van der Waals surface area contributed by atoms with Crippen LogP contribution in [0, 0.1) is 11.3 Å². The normalized spacial score (nSPS) is 10.0. The van der Waals surface area contributed by atoms with Crippen LogP contribution >= 0.6 is 11.3 Å². The van der Waals surface area contributed by atoms with Crippen LogP contribution in [-0.4, -0.2) is 13.1 Å². The maximum absolute atomic E-state index is 11.2. The molecule has 0 amide bonds. The highest BCUT2D eigenvalue weighted by Gasteiger charge is 2.09. The Hall–Kier alpha value is -1.86. The SMILES string of the molecule is COC(=O)Cc1csc2ccc(C#N)cc12. The van der Waals surface area contributed by atoms with Gasteiger partial charge in [-0.2, -0.15) is 5.26 Å². The zero-order valence-electron chi connectivity index (χ0n) is 8.69. The molecule has 2 rings (SSSR count). The Labute approximate surface area is 96.9 Å². The van der Waals surface area contributed by atoms with Gasteiger partial charge >= 0.3 is 5.97 Å². The van der Waals surface area contributed by atoms with Gasteiger partial charge < -0.3 is 4.74 Å². The minimum Gasteiger partial charge on any atom is -0.469 e. The highest BCUT2D eigenvalue weighted by molar-refractivity contribution is 7.17. The molecule has 0 aliphatic carbocycles. The molecule has 0 saturated heterocycles. The monoisotopic (exact) mass is 231 g/mol. The summed E-state index contributed by atoms with van der Waals surface area (Å²) in [5, 5.41) is 11.7. The van der Waals surface area contributed by atoms with E-state index in [1.165, 1.54) is 7.11 Å². The third-order valence-corrected chi connectivity index (χ3v) is 3.36. The number of carbonyl (C=O) groups is 1. The van der Waals surface area contributed by atoms with Crippen LogP contribution in [-0.2, 0) is 16.0 Å². The Bertz CT molecular complexity index is 580. The van der Waals surface area contributed by atoms with Gasteiger partial charge in [-0.25, -0.2) is 0 Å². The van der Waals surface area contributed by atoms with Gasteiger partial charge in [-0.05, 0) is 34.5 Å². The zero-order chi connectivity index (χ0) is 11.5. The summed E-state index contributed by atoms with van der Waals surface area (Å²) in [6.07, 6.45) is 0.255. The molecule has 1 aromatic carbocycles. The number of rotatable bonds is 2. The molecule has 2 aromatic rings. The molecule has 0 saturated carbocycles. The molecule has 1 heterocycles. The second-order valence-electron chi connectivity index (χ2n) is 3.34. The summed E-state index contributed by atoms with van der Waals surface area (Å²) < 4.78 is 5.71. The van der Waals surface area contributed by atoms with E-state index in [9.17, 15) is 4.79 Å². The molecular formula is C12H9NO2S. The number of nitriles is 1. The lowest BCUT2D eigenvalue weighted by molar-refractivity contribution is -0.139. The van der Waals surface area contributed by atoms with E-state index in [1.54, 1.807) is 17.4 Å². The van der Waals surface area contributed by atoms with Crippen molar-refractivity contribution in [2.75, 3.05) is 7.11 Å². The largest absolute Gasteiger partial charge is 0.469 e. The molecule has 0 atom stereocenters. The molecule has 0 unspecified atom stereocenters. The first kappa shape index (κ1) is 10.7. The van der Waals surface area contributed by atoms with Gasteiger partial charge in [-0.3, -0.25) is 4.79 Å². The summed E-state index contributed by atoms with van der Waals surface area (Å²) in [4.78, 5) is 11.2. The van der Waals surface area contributed by atoms with E-state index in [-0.39, 0.29) is 12.4 Å². The van der Waals surface area contributed by atoms with Crippen molar-refractivity contribution in [1.82, 2.24) is 0 Å². The Morgan fingerprint density at radius 2 is 2.38 bits per heavy atom. The number of hydrogen-bond acceptors (Lipinski definition) is 4. The molecule has 80 valence electrons. The van der Waals surface area contributed by atoms with Crippen LogP contribution in [0.15, 0.2) is 23.6 Å². The third kappa shape index (κ3) is 1.90. The highest BCUT2D eigenvalue weighted by atomic mass is 32.1. The topological polar surface area (TPSA) is 50.1 Å². The number of esters is 1. The van der Waals surface area contributed by atoms with E-state index >= 15 is 0 Å². The van der Waals surface area contributed by atoms with Crippen LogP contribution in [0.4, 0.5) is 0 Å². The first-order chi connectivity index (χ1) is 7.74. The minimum absolute atomic E-state index is 0.255. The van der Waals surface area contributed by atoms with Crippen molar-refractivity contribution in [2.45, 2.75) is 6.42 Å². The standard InChI is InChI=1S/C12H9NO2S/c1-15-12(14)5-9-7-16-11-3-2-8(6-13)4-10(9)11/h2-4,7H,5H2,1H3. The van der Waals surface area contributed by atoms with Gasteiger partial charge in [0.2, 0.25) is 0 Å². The molecule has 0 aliphatic heterocycles. The van der Waals surface area contributed by atoms with Crippen molar-refractivity contribution in [3.8, 4) is 6.07 Å². The lowest BCUT2D eigenvalue weighted by Crippen LogP contribution is -2.03. The Morgan fingerprint density at radius 3 is 3.06 bits per heavy atom. The average Bonchev–Trinajstić information content (AvgIpc) is 2.71. The summed E-state index contributed by atoms with van der Waals surface area (Å²) in [5.74, 6) is -0.262. The highest BCUT2D eigenvalue weighted by Crippen LogP contribution is 2.27. The van der Waals surface area contributed by atoms with E-state index < -0.39 is 0 Å². The molecule has 4 heteroatoms. The number of nitrogens with zero attached hydrogens (tertiary/aromatic N) is 1. The Kier molecular flexibility index (Phi) is 2.88. The molecule has 0 N–H and O–H groups in total. The second kappa shape index (κ2) is 4.33. The van der Waals surface area contributed by atoms with Gasteiger partial charge in [0.1, 0.15) is 0 Å². The van der Waals surface area contributed by atoms with Gasteiger partial charge in [0.25, 0.3) is 0 Å². The summed E-state index contributed by atoms with van der Waals surface area (Å²) in [7, 11) is 1.37. The van der Waals surface area contributed by atoms with Gasteiger partial charge in [0, 0.05) is 4.70 Å². The number of fused-ring (bicyclic) bond motifs is 1. The van der Waals surface area contributed by atoms with Gasteiger partial charge in [-0.15, -0.1) is 11.3 Å². The van der Waals surface area contributed by atoms with Crippen molar-refractivity contribution in [3.63, 3.8) is 0 Å². The van der Waals surface area contributed by atoms with Crippen molar-refractivity contribution in [1.29, 1.82) is 5.26 Å². The molecule has 0 aliphatic rings. The third-order valence-electron chi connectivity index (χ3n) is 2.35. The molecule has 3 nitrogen and oxygen atoms in total. The molecule has 1 aromatic heterocycles. The van der Waals surface area contributed by atoms with E-state index in [4.69, 9.17) is 5.26 Å². The van der Waals surface area contributed by atoms with E-state index in [0.29, 0.717) is 5.56 Å². The summed E-state index contributed by atoms with van der Waals surface area (Å²) in [6, 6.07) is 7.58. The van der Waals surface area contributed by atoms with Crippen molar-refractivity contribution < 1.29 is 9.53 Å². The van der Waals surface area contributed by atoms with Crippen LogP contribution < -0.4 is 0 Å². The van der Waals surface area contributed by atoms with Gasteiger partial charge in [0.15, 0.2) is 0 Å². The number of ether oxygens (including phenoxy) is 1. The quantitative estimate of drug-likeness (QED) is 0.746. The summed E-state index contributed by atoms with van der Waals surface area (Å²) in [5.41, 5.74) is 1.53. The molecule has 16 heavy (non-hydrogen) atoms. The van der Waals surface area contributed by atoms with Crippen LogP contribution in [0.25, 0.3) is 10.1 Å². The predicted octanol–water partition coefficient (Wildman–Crippen LogP) is 2.49. The Morgan fingerprint density at radius 1 is 1.56 bits per heavy atom. The van der Waals surface area contributed by atoms with Crippen molar-refractivity contribution in [2.24, 2.45) is 0 Å². The molecule has 0 bridgehead atoms. The molecule has 0 radical (unpaired) electrons. The molecule has 0 spiro atoms. The molecular weight excluding hydrogens is 222 g/mol. The van der Waals surface area contributed by atoms with Crippen molar-refractivity contribution >= 4 is 27.4 Å². The van der Waals surface area contributed by atoms with E-state index in [1.807, 2.05) is 17.5 Å². The average molecular weight is 231 g/mol. The van der Waals surface area contributed by atoms with Crippen LogP contribution in [0.3, 0.4) is 0 Å². The van der Waals surface area contributed by atoms with Crippen LogP contribution in [0.1, 0.15) is 11.1 Å². The number of hydrogen-bond donors (Lipinski definition) is 0. The molecule has 0 fully saturated rings. The first-order valence-electron chi connectivity index (χ1n) is 4.71. The maximum atomic E-state index is 11.2. The maximum Gasteiger partial charge on any atom is 0.310 e. The first-order valence-corrected chi connectivity index (χ1v) is 5.59. The lowest BCUT2D eigenvalue weighted by Gasteiger charge is -1.98. The minimum atomic E-state index is -0.262. The smallest absolute Gasteiger partial charge is 0.310 e. The fraction of sp³-hybridized carbons (Fsp3) is 0.167. The zero-order valence-corrected chi connectivity index (χ0v) is 9.50. The summed E-state index contributed by atoms with van der Waals surface area (Å²) >= 11 is 1.57. The number of thiophene rings is 1. The summed E-state index contributed by atoms with van der Waals surface area (Å²) in [6.45, 7) is 0. The lowest BCUT2D eigenvalue weighted by atomic mass is 10.1. The predicted molar refractivity (Wildman–Crippen MR) is 62.3 cm³/mol. The van der Waals surface area contributed by atoms with E-state index in [2.05, 4.69) is 10.8 Å². The fourth-order valence-corrected chi connectivity index (χ4v) is 2.46. The van der Waals surface area contributed by atoms with E-state index in [0.717, 1.165) is 15.6 Å². The van der Waals surface area contributed by atoms with Crippen molar-refractivity contribution in [3.05, 3.63) is 34.7 Å². The van der Waals surface area contributed by atoms with Crippen LogP contribution in [0.2, 0.25) is 0 Å². The number of methoxy groups -OCH3 is 1. The second-order valence-corrected chi connectivity index (χ2v) is 4.25. The van der Waals surface area contributed by atoms with Gasteiger partial charge in [-0.1, -0.05) is 0 Å². The van der Waals surface area contributed by atoms with Crippen LogP contribution in [0.5, 0.6) is 0 Å². The Balaban J connectivity index is 2.46. The fourth-order valence-electron chi connectivity index (χ4n) is 1.52. The van der Waals surface area contributed by atoms with Gasteiger partial charge in [0.05, 0.1) is 25.2 Å².